The molecule has 0 spiro atoms. The third kappa shape index (κ3) is 6.43. The zero-order chi connectivity index (χ0) is 7.82. The van der Waals surface area contributed by atoms with Gasteiger partial charge in [0.2, 0.25) is 0 Å². The summed E-state index contributed by atoms with van der Waals surface area (Å²) in [7, 11) is 0. The van der Waals surface area contributed by atoms with Crippen LogP contribution in [-0.4, -0.2) is 24.6 Å². The second-order valence-electron chi connectivity index (χ2n) is 2.64. The third-order valence-corrected chi connectivity index (χ3v) is 2.13. The van der Waals surface area contributed by atoms with Crippen LogP contribution in [0, 0.1) is 0 Å². The molecule has 0 saturated heterocycles. The average molecular weight is 161 g/mol. The van der Waals surface area contributed by atoms with Gasteiger partial charge >= 0.3 is 0 Å². The topological polar surface area (TPSA) is 12.0 Å². The zero-order valence-electron chi connectivity index (χ0n) is 7.31. The summed E-state index contributed by atoms with van der Waals surface area (Å²) in [6.45, 7) is 5.64. The normalized spacial score (nSPS) is 13.5. The van der Waals surface area contributed by atoms with Crippen LogP contribution in [0.3, 0.4) is 0 Å². The molecule has 0 radical (unpaired) electrons. The van der Waals surface area contributed by atoms with Crippen LogP contribution in [0.2, 0.25) is 0 Å². The Kier molecular flexibility index (Phi) is 7.65. The molecule has 10 heavy (non-hydrogen) atoms. The van der Waals surface area contributed by atoms with Gasteiger partial charge in [0.25, 0.3) is 0 Å². The number of nitrogens with one attached hydrogen (secondary N) is 1. The minimum Gasteiger partial charge on any atom is -0.313 e. The van der Waals surface area contributed by atoms with Crippen LogP contribution >= 0.6 is 11.8 Å². The van der Waals surface area contributed by atoms with Crippen molar-refractivity contribution in [1.82, 2.24) is 5.32 Å². The smallest absolute Gasteiger partial charge is 0.00554 e. The number of hydrogen-bond acceptors (Lipinski definition) is 2. The Labute approximate surface area is 69.0 Å². The maximum absolute atomic E-state index is 3.46. The van der Waals surface area contributed by atoms with Gasteiger partial charge in [0.1, 0.15) is 0 Å². The van der Waals surface area contributed by atoms with Crippen LogP contribution in [0.15, 0.2) is 0 Å². The highest BCUT2D eigenvalue weighted by molar-refractivity contribution is 7.98. The SMILES string of the molecule is CCCC(C)NCCSC. The van der Waals surface area contributed by atoms with Crippen molar-refractivity contribution in [1.29, 1.82) is 0 Å². The van der Waals surface area contributed by atoms with Crippen molar-refractivity contribution < 1.29 is 0 Å². The zero-order valence-corrected chi connectivity index (χ0v) is 8.13. The van der Waals surface area contributed by atoms with Crippen molar-refractivity contribution in [2.75, 3.05) is 18.6 Å². The Morgan fingerprint density at radius 2 is 2.20 bits per heavy atom. The van der Waals surface area contributed by atoms with Crippen LogP contribution < -0.4 is 5.32 Å². The molecule has 0 aliphatic rings. The van der Waals surface area contributed by atoms with Crippen molar-refractivity contribution in [2.24, 2.45) is 0 Å². The van der Waals surface area contributed by atoms with Gasteiger partial charge in [-0.1, -0.05) is 13.3 Å². The van der Waals surface area contributed by atoms with Gasteiger partial charge in [-0.05, 0) is 19.6 Å². The van der Waals surface area contributed by atoms with Crippen LogP contribution in [0.4, 0.5) is 0 Å². The van der Waals surface area contributed by atoms with Crippen LogP contribution in [0.1, 0.15) is 26.7 Å². The van der Waals surface area contributed by atoms with E-state index >= 15 is 0 Å². The lowest BCUT2D eigenvalue weighted by atomic mass is 10.2. The van der Waals surface area contributed by atoms with Crippen molar-refractivity contribution in [2.45, 2.75) is 32.7 Å². The molecule has 0 rings (SSSR count). The standard InChI is InChI=1S/C8H19NS/c1-4-5-8(2)9-6-7-10-3/h8-9H,4-7H2,1-3H3. The van der Waals surface area contributed by atoms with Crippen molar-refractivity contribution in [3.05, 3.63) is 0 Å². The van der Waals surface area contributed by atoms with Crippen molar-refractivity contribution in [3.63, 3.8) is 0 Å². The van der Waals surface area contributed by atoms with Crippen LogP contribution in [0.5, 0.6) is 0 Å². The van der Waals surface area contributed by atoms with Gasteiger partial charge in [0, 0.05) is 18.3 Å². The van der Waals surface area contributed by atoms with E-state index in [-0.39, 0.29) is 0 Å². The number of hydrogen-bond donors (Lipinski definition) is 1. The largest absolute Gasteiger partial charge is 0.313 e. The lowest BCUT2D eigenvalue weighted by molar-refractivity contribution is 0.526. The minimum absolute atomic E-state index is 0.706. The molecule has 0 aromatic heterocycles. The predicted molar refractivity (Wildman–Crippen MR) is 50.8 cm³/mol. The summed E-state index contributed by atoms with van der Waals surface area (Å²) in [4.78, 5) is 0. The van der Waals surface area contributed by atoms with E-state index in [4.69, 9.17) is 0 Å². The van der Waals surface area contributed by atoms with Gasteiger partial charge in [-0.25, -0.2) is 0 Å². The molecule has 0 bridgehead atoms. The molecule has 2 heteroatoms. The van der Waals surface area contributed by atoms with E-state index in [1.54, 1.807) is 0 Å². The van der Waals surface area contributed by atoms with E-state index in [1.165, 1.54) is 18.6 Å². The van der Waals surface area contributed by atoms with Gasteiger partial charge in [0.05, 0.1) is 0 Å². The van der Waals surface area contributed by atoms with E-state index < -0.39 is 0 Å². The van der Waals surface area contributed by atoms with Crippen molar-refractivity contribution >= 4 is 11.8 Å². The van der Waals surface area contributed by atoms with E-state index in [9.17, 15) is 0 Å². The van der Waals surface area contributed by atoms with E-state index in [2.05, 4.69) is 25.4 Å². The lowest BCUT2D eigenvalue weighted by Crippen LogP contribution is -2.27. The Hall–Kier alpha value is 0.310. The fourth-order valence-electron chi connectivity index (χ4n) is 0.942. The second kappa shape index (κ2) is 7.42. The van der Waals surface area contributed by atoms with Crippen LogP contribution in [0.25, 0.3) is 0 Å². The molecule has 0 amide bonds. The van der Waals surface area contributed by atoms with Gasteiger partial charge in [-0.2, -0.15) is 11.8 Å². The molecular weight excluding hydrogens is 142 g/mol. The average Bonchev–Trinajstić information content (AvgIpc) is 1.89. The first-order valence-corrected chi connectivity index (χ1v) is 5.43. The fourth-order valence-corrected chi connectivity index (χ4v) is 1.26. The lowest BCUT2D eigenvalue weighted by Gasteiger charge is -2.10. The summed E-state index contributed by atoms with van der Waals surface area (Å²) in [5.41, 5.74) is 0. The monoisotopic (exact) mass is 161 g/mol. The Morgan fingerprint density at radius 3 is 2.70 bits per heavy atom. The third-order valence-electron chi connectivity index (χ3n) is 1.52. The molecule has 0 aromatic carbocycles. The highest BCUT2D eigenvalue weighted by Crippen LogP contribution is 1.95. The highest BCUT2D eigenvalue weighted by atomic mass is 32.2. The molecule has 1 unspecified atom stereocenters. The first-order valence-electron chi connectivity index (χ1n) is 4.03. The van der Waals surface area contributed by atoms with Crippen molar-refractivity contribution in [3.8, 4) is 0 Å². The molecule has 0 aliphatic carbocycles. The predicted octanol–water partition coefficient (Wildman–Crippen LogP) is 2.13. The Morgan fingerprint density at radius 1 is 1.50 bits per heavy atom. The highest BCUT2D eigenvalue weighted by Gasteiger charge is 1.96. The van der Waals surface area contributed by atoms with E-state index in [0.717, 1.165) is 6.54 Å². The van der Waals surface area contributed by atoms with E-state index in [1.807, 2.05) is 11.8 Å². The minimum atomic E-state index is 0.706. The Balaban J connectivity index is 2.97. The summed E-state index contributed by atoms with van der Waals surface area (Å²) in [5.74, 6) is 1.23. The van der Waals surface area contributed by atoms with Gasteiger partial charge in [0.15, 0.2) is 0 Å². The fraction of sp³-hybridized carbons (Fsp3) is 1.00. The molecular formula is C8H19NS. The first-order chi connectivity index (χ1) is 4.81. The summed E-state index contributed by atoms with van der Waals surface area (Å²) in [6, 6.07) is 0.706. The molecule has 1 N–H and O–H groups in total. The van der Waals surface area contributed by atoms with Gasteiger partial charge < -0.3 is 5.32 Å². The quantitative estimate of drug-likeness (QED) is 0.599. The molecule has 1 atom stereocenters. The Bertz CT molecular complexity index is 66.3. The molecule has 0 aliphatic heterocycles. The number of thioether (sulfide) groups is 1. The van der Waals surface area contributed by atoms with E-state index in [0.29, 0.717) is 6.04 Å². The molecule has 62 valence electrons. The van der Waals surface area contributed by atoms with Gasteiger partial charge in [-0.15, -0.1) is 0 Å². The summed E-state index contributed by atoms with van der Waals surface area (Å²) >= 11 is 1.90. The van der Waals surface area contributed by atoms with Gasteiger partial charge in [-0.3, -0.25) is 0 Å². The maximum Gasteiger partial charge on any atom is 0.00554 e. The second-order valence-corrected chi connectivity index (χ2v) is 3.62. The summed E-state index contributed by atoms with van der Waals surface area (Å²) < 4.78 is 0. The summed E-state index contributed by atoms with van der Waals surface area (Å²) in [6.07, 6.45) is 4.73. The molecule has 0 saturated carbocycles. The maximum atomic E-state index is 3.46. The number of rotatable bonds is 6. The first kappa shape index (κ1) is 10.3. The van der Waals surface area contributed by atoms with Crippen LogP contribution in [-0.2, 0) is 0 Å². The molecule has 1 nitrogen and oxygen atoms in total. The molecule has 0 aromatic rings. The summed E-state index contributed by atoms with van der Waals surface area (Å²) in [5, 5.41) is 3.46. The molecule has 0 heterocycles. The molecule has 0 fully saturated rings.